The van der Waals surface area contributed by atoms with Gasteiger partial charge in [0, 0.05) is 58.4 Å². The van der Waals surface area contributed by atoms with Crippen molar-refractivity contribution in [3.05, 3.63) is 48.4 Å². The molecule has 3 heterocycles. The van der Waals surface area contributed by atoms with Crippen LogP contribution >= 0.6 is 0 Å². The Morgan fingerprint density at radius 1 is 1.19 bits per heavy atom. The molecule has 1 saturated heterocycles. The molecule has 0 saturated carbocycles. The van der Waals surface area contributed by atoms with Gasteiger partial charge in [-0.2, -0.15) is 0 Å². The van der Waals surface area contributed by atoms with E-state index in [9.17, 15) is 0 Å². The van der Waals surface area contributed by atoms with E-state index in [4.69, 9.17) is 0 Å². The fourth-order valence-corrected chi connectivity index (χ4v) is 3.18. The second-order valence-electron chi connectivity index (χ2n) is 6.97. The summed E-state index contributed by atoms with van der Waals surface area (Å²) in [6, 6.07) is 8.36. The van der Waals surface area contributed by atoms with E-state index < -0.39 is 0 Å². The molecule has 1 aliphatic rings. The molecule has 0 aliphatic carbocycles. The van der Waals surface area contributed by atoms with Crippen LogP contribution in [0.5, 0.6) is 0 Å². The summed E-state index contributed by atoms with van der Waals surface area (Å²) in [5.74, 6) is 2.74. The topological polar surface area (TPSA) is 57.5 Å². The molecule has 3 rings (SSSR count). The van der Waals surface area contributed by atoms with Gasteiger partial charge in [0.05, 0.1) is 0 Å². The van der Waals surface area contributed by atoms with E-state index in [-0.39, 0.29) is 0 Å². The number of rotatable bonds is 6. The predicted octanol–water partition coefficient (Wildman–Crippen LogP) is 2.48. The number of hydrogen-bond acceptors (Lipinski definition) is 3. The summed E-state index contributed by atoms with van der Waals surface area (Å²) in [6.45, 7) is 7.03. The number of hydrogen-bond donors (Lipinski definition) is 2. The highest BCUT2D eigenvalue weighted by Crippen LogP contribution is 2.21. The van der Waals surface area contributed by atoms with Gasteiger partial charge >= 0.3 is 0 Å². The molecular weight excluding hydrogens is 324 g/mol. The Kier molecular flexibility index (Phi) is 6.52. The van der Waals surface area contributed by atoms with Crippen molar-refractivity contribution in [2.45, 2.75) is 32.9 Å². The lowest BCUT2D eigenvalue weighted by Gasteiger charge is -2.31. The van der Waals surface area contributed by atoms with Gasteiger partial charge in [0.25, 0.3) is 0 Å². The average molecular weight is 355 g/mol. The minimum Gasteiger partial charge on any atom is -0.357 e. The molecule has 2 N–H and O–H groups in total. The molecule has 6 nitrogen and oxygen atoms in total. The zero-order valence-electron chi connectivity index (χ0n) is 15.9. The lowest BCUT2D eigenvalue weighted by Crippen LogP contribution is -2.38. The molecule has 140 valence electrons. The van der Waals surface area contributed by atoms with Crippen LogP contribution in [0.4, 0.5) is 5.82 Å². The Morgan fingerprint density at radius 2 is 1.96 bits per heavy atom. The molecule has 0 aromatic carbocycles. The summed E-state index contributed by atoms with van der Waals surface area (Å²) >= 11 is 0. The first kappa shape index (κ1) is 18.3. The van der Waals surface area contributed by atoms with E-state index in [1.807, 2.05) is 18.3 Å². The Morgan fingerprint density at radius 3 is 2.62 bits per heavy atom. The average Bonchev–Trinajstić information content (AvgIpc) is 3.19. The van der Waals surface area contributed by atoms with Crippen molar-refractivity contribution in [1.29, 1.82) is 0 Å². The summed E-state index contributed by atoms with van der Waals surface area (Å²) in [4.78, 5) is 11.3. The summed E-state index contributed by atoms with van der Waals surface area (Å²) < 4.78 is 2.14. The van der Waals surface area contributed by atoms with Crippen LogP contribution in [-0.2, 0) is 13.1 Å². The standard InChI is InChI=1S/C20H30N6/c1-17-7-12-26(13-8-17)19-6-5-18(15-23-19)16-24-20(21-2)22-9-14-25-10-3-4-11-25/h3-6,10-11,15,17H,7-9,12-14,16H2,1-2H3,(H2,21,22,24). The molecule has 1 aliphatic heterocycles. The maximum absolute atomic E-state index is 4.65. The molecule has 2 aromatic heterocycles. The molecule has 0 bridgehead atoms. The Balaban J connectivity index is 1.43. The lowest BCUT2D eigenvalue weighted by atomic mass is 9.99. The van der Waals surface area contributed by atoms with E-state index in [0.717, 1.165) is 49.4 Å². The van der Waals surface area contributed by atoms with E-state index in [1.165, 1.54) is 12.8 Å². The first-order valence-electron chi connectivity index (χ1n) is 9.50. The normalized spacial score (nSPS) is 15.9. The van der Waals surface area contributed by atoms with Crippen molar-refractivity contribution in [1.82, 2.24) is 20.2 Å². The lowest BCUT2D eigenvalue weighted by molar-refractivity contribution is 0.436. The van der Waals surface area contributed by atoms with Crippen LogP contribution in [0.3, 0.4) is 0 Å². The number of nitrogens with one attached hydrogen (secondary N) is 2. The molecule has 0 spiro atoms. The third-order valence-electron chi connectivity index (χ3n) is 4.93. The molecule has 0 amide bonds. The van der Waals surface area contributed by atoms with Gasteiger partial charge < -0.3 is 20.1 Å². The molecule has 1 fully saturated rings. The van der Waals surface area contributed by atoms with Gasteiger partial charge in [-0.1, -0.05) is 13.0 Å². The van der Waals surface area contributed by atoms with Crippen molar-refractivity contribution in [3.63, 3.8) is 0 Å². The number of aromatic nitrogens is 2. The van der Waals surface area contributed by atoms with Crippen molar-refractivity contribution >= 4 is 11.8 Å². The highest BCUT2D eigenvalue weighted by Gasteiger charge is 2.16. The zero-order valence-corrected chi connectivity index (χ0v) is 15.9. The molecular formula is C20H30N6. The molecule has 26 heavy (non-hydrogen) atoms. The van der Waals surface area contributed by atoms with Gasteiger partial charge in [0.2, 0.25) is 0 Å². The molecule has 0 radical (unpaired) electrons. The highest BCUT2D eigenvalue weighted by atomic mass is 15.2. The first-order valence-corrected chi connectivity index (χ1v) is 9.50. The minimum atomic E-state index is 0.716. The van der Waals surface area contributed by atoms with Crippen LogP contribution in [0.1, 0.15) is 25.3 Å². The molecule has 0 atom stereocenters. The molecule has 0 unspecified atom stereocenters. The fourth-order valence-electron chi connectivity index (χ4n) is 3.18. The Bertz CT molecular complexity index is 669. The monoisotopic (exact) mass is 354 g/mol. The number of anilines is 1. The maximum atomic E-state index is 4.65. The molecule has 2 aromatic rings. The van der Waals surface area contributed by atoms with E-state index in [2.05, 4.69) is 61.5 Å². The quantitative estimate of drug-likeness (QED) is 0.618. The van der Waals surface area contributed by atoms with Crippen LogP contribution in [0.15, 0.2) is 47.8 Å². The second-order valence-corrected chi connectivity index (χ2v) is 6.97. The maximum Gasteiger partial charge on any atom is 0.191 e. The number of nitrogens with zero attached hydrogens (tertiary/aromatic N) is 4. The van der Waals surface area contributed by atoms with Gasteiger partial charge in [-0.3, -0.25) is 4.99 Å². The number of guanidine groups is 1. The summed E-state index contributed by atoms with van der Waals surface area (Å²) in [7, 11) is 1.80. The van der Waals surface area contributed by atoms with Gasteiger partial charge in [-0.15, -0.1) is 0 Å². The van der Waals surface area contributed by atoms with E-state index >= 15 is 0 Å². The van der Waals surface area contributed by atoms with Gasteiger partial charge in [0.15, 0.2) is 5.96 Å². The summed E-state index contributed by atoms with van der Waals surface area (Å²) in [5.41, 5.74) is 1.16. The van der Waals surface area contributed by atoms with Crippen molar-refractivity contribution in [3.8, 4) is 0 Å². The van der Waals surface area contributed by atoms with Crippen LogP contribution in [0, 0.1) is 5.92 Å². The van der Waals surface area contributed by atoms with Crippen molar-refractivity contribution in [2.75, 3.05) is 31.6 Å². The summed E-state index contributed by atoms with van der Waals surface area (Å²) in [6.07, 6.45) is 8.61. The largest absolute Gasteiger partial charge is 0.357 e. The minimum absolute atomic E-state index is 0.716. The zero-order chi connectivity index (χ0) is 18.2. The number of piperidine rings is 1. The molecule has 6 heteroatoms. The van der Waals surface area contributed by atoms with Crippen molar-refractivity contribution in [2.24, 2.45) is 10.9 Å². The van der Waals surface area contributed by atoms with Gasteiger partial charge in [0.1, 0.15) is 5.82 Å². The SMILES string of the molecule is CN=C(NCCn1cccc1)NCc1ccc(N2CCC(C)CC2)nc1. The third kappa shape index (κ3) is 5.25. The predicted molar refractivity (Wildman–Crippen MR) is 107 cm³/mol. The first-order chi connectivity index (χ1) is 12.7. The fraction of sp³-hybridized carbons (Fsp3) is 0.500. The van der Waals surface area contributed by atoms with Gasteiger partial charge in [-0.05, 0) is 42.5 Å². The summed E-state index contributed by atoms with van der Waals surface area (Å²) in [5, 5.41) is 6.68. The van der Waals surface area contributed by atoms with E-state index in [1.54, 1.807) is 7.05 Å². The highest BCUT2D eigenvalue weighted by molar-refractivity contribution is 5.79. The Hall–Kier alpha value is -2.50. The second kappa shape index (κ2) is 9.27. The third-order valence-corrected chi connectivity index (χ3v) is 4.93. The van der Waals surface area contributed by atoms with Crippen molar-refractivity contribution < 1.29 is 0 Å². The van der Waals surface area contributed by atoms with Crippen LogP contribution in [0.25, 0.3) is 0 Å². The van der Waals surface area contributed by atoms with Crippen LogP contribution in [-0.4, -0.2) is 42.2 Å². The van der Waals surface area contributed by atoms with E-state index in [0.29, 0.717) is 6.54 Å². The van der Waals surface area contributed by atoms with Gasteiger partial charge in [-0.25, -0.2) is 4.98 Å². The van der Waals surface area contributed by atoms with Crippen LogP contribution in [0.2, 0.25) is 0 Å². The number of aliphatic imine (C=N–C) groups is 1. The number of pyridine rings is 1. The Labute approximate surface area is 156 Å². The van der Waals surface area contributed by atoms with Crippen LogP contribution < -0.4 is 15.5 Å². The smallest absolute Gasteiger partial charge is 0.191 e.